The average Bonchev–Trinajstić information content (AvgIpc) is 2.87. The Morgan fingerprint density at radius 2 is 1.84 bits per heavy atom. The molecule has 194 valence electrons. The minimum Gasteiger partial charge on any atom is -0.497 e. The number of aliphatic hydroxyl groups is 1. The van der Waals surface area contributed by atoms with Crippen LogP contribution in [0, 0.1) is 0 Å². The van der Waals surface area contributed by atoms with E-state index in [2.05, 4.69) is 15.3 Å². The van der Waals surface area contributed by atoms with E-state index in [1.54, 1.807) is 42.8 Å². The van der Waals surface area contributed by atoms with Gasteiger partial charge >= 0.3 is 0 Å². The van der Waals surface area contributed by atoms with Gasteiger partial charge in [0.2, 0.25) is 5.95 Å². The lowest BCUT2D eigenvalue weighted by Crippen LogP contribution is -2.30. The topological polar surface area (TPSA) is 125 Å². The molecule has 2 heterocycles. The first kappa shape index (κ1) is 26.2. The van der Waals surface area contributed by atoms with Crippen molar-refractivity contribution in [2.45, 2.75) is 32.4 Å². The lowest BCUT2D eigenvalue weighted by Gasteiger charge is -2.18. The summed E-state index contributed by atoms with van der Waals surface area (Å²) >= 11 is 6.64. The van der Waals surface area contributed by atoms with Crippen molar-refractivity contribution in [3.63, 3.8) is 0 Å². The Labute approximate surface area is 219 Å². The van der Waals surface area contributed by atoms with E-state index < -0.39 is 5.60 Å². The van der Waals surface area contributed by atoms with Crippen LogP contribution in [0.5, 0.6) is 11.5 Å². The third kappa shape index (κ3) is 5.95. The number of nitrogens with two attached hydrogens (primary N) is 1. The summed E-state index contributed by atoms with van der Waals surface area (Å²) in [4.78, 5) is 22.9. The van der Waals surface area contributed by atoms with Crippen molar-refractivity contribution in [1.29, 1.82) is 0 Å². The number of halogens is 1. The summed E-state index contributed by atoms with van der Waals surface area (Å²) in [6, 6.07) is 12.6. The van der Waals surface area contributed by atoms with Crippen LogP contribution >= 0.6 is 11.6 Å². The Kier molecular flexibility index (Phi) is 7.56. The number of aromatic nitrogens is 3. The summed E-state index contributed by atoms with van der Waals surface area (Å²) in [5, 5.41) is 14.1. The number of benzene rings is 2. The average molecular weight is 524 g/mol. The van der Waals surface area contributed by atoms with Gasteiger partial charge in [-0.2, -0.15) is 4.98 Å². The third-order valence-electron chi connectivity index (χ3n) is 5.87. The molecule has 0 amide bonds. The van der Waals surface area contributed by atoms with E-state index in [1.807, 2.05) is 24.3 Å². The lowest BCUT2D eigenvalue weighted by atomic mass is 10.0. The summed E-state index contributed by atoms with van der Waals surface area (Å²) in [5.74, 6) is 1.21. The highest BCUT2D eigenvalue weighted by Crippen LogP contribution is 2.38. The normalized spacial score (nSPS) is 11.5. The molecule has 0 aliphatic rings. The first-order valence-corrected chi connectivity index (χ1v) is 12.1. The van der Waals surface area contributed by atoms with Gasteiger partial charge in [0.15, 0.2) is 0 Å². The zero-order chi connectivity index (χ0) is 26.7. The number of ether oxygens (including phenoxy) is 2. The molecular weight excluding hydrogens is 494 g/mol. The molecule has 0 radical (unpaired) electrons. The predicted octanol–water partition coefficient (Wildman–Crippen LogP) is 4.14. The monoisotopic (exact) mass is 523 g/mol. The zero-order valence-electron chi connectivity index (χ0n) is 21.2. The van der Waals surface area contributed by atoms with E-state index in [9.17, 15) is 9.90 Å². The van der Waals surface area contributed by atoms with Crippen LogP contribution in [-0.4, -0.2) is 46.0 Å². The largest absolute Gasteiger partial charge is 0.497 e. The first-order chi connectivity index (χ1) is 17.6. The van der Waals surface area contributed by atoms with Gasteiger partial charge < -0.3 is 25.6 Å². The summed E-state index contributed by atoms with van der Waals surface area (Å²) in [6.45, 7) is 3.96. The van der Waals surface area contributed by atoms with Gasteiger partial charge in [0, 0.05) is 47.6 Å². The number of aryl methyl sites for hydroxylation is 2. The highest BCUT2D eigenvalue weighted by molar-refractivity contribution is 6.35. The molecule has 0 aliphatic carbocycles. The van der Waals surface area contributed by atoms with Gasteiger partial charge in [0.05, 0.1) is 24.8 Å². The maximum absolute atomic E-state index is 13.9. The van der Waals surface area contributed by atoms with Crippen LogP contribution in [-0.2, 0) is 13.0 Å². The van der Waals surface area contributed by atoms with E-state index in [-0.39, 0.29) is 12.1 Å². The van der Waals surface area contributed by atoms with Gasteiger partial charge in [0.25, 0.3) is 5.56 Å². The number of anilines is 2. The van der Waals surface area contributed by atoms with Gasteiger partial charge in [-0.25, -0.2) is 4.98 Å². The van der Waals surface area contributed by atoms with Crippen molar-refractivity contribution in [3.8, 4) is 22.6 Å². The number of nitrogen functional groups attached to an aromatic ring is 1. The number of fused-ring (bicyclic) bond motifs is 1. The van der Waals surface area contributed by atoms with Crippen LogP contribution in [0.2, 0.25) is 5.02 Å². The predicted molar refractivity (Wildman–Crippen MR) is 147 cm³/mol. The van der Waals surface area contributed by atoms with Crippen molar-refractivity contribution < 1.29 is 14.6 Å². The second kappa shape index (κ2) is 10.7. The number of hydrogen-bond acceptors (Lipinski definition) is 8. The van der Waals surface area contributed by atoms with Crippen molar-refractivity contribution in [3.05, 3.63) is 69.6 Å². The van der Waals surface area contributed by atoms with Crippen LogP contribution in [0.3, 0.4) is 0 Å². The lowest BCUT2D eigenvalue weighted by molar-refractivity contribution is 0.0943. The number of rotatable bonds is 9. The Morgan fingerprint density at radius 1 is 1.11 bits per heavy atom. The molecule has 4 rings (SSSR count). The SMILES string of the molecule is COc1cc(OC)c(Cl)c(-c2cc3cnc(NCC(C)(C)O)nc3n(CCc3ccc(N)cc3)c2=O)c1. The minimum atomic E-state index is -0.959. The van der Waals surface area contributed by atoms with E-state index in [0.717, 1.165) is 5.56 Å². The van der Waals surface area contributed by atoms with Gasteiger partial charge in [-0.15, -0.1) is 0 Å². The van der Waals surface area contributed by atoms with Gasteiger partial charge in [-0.3, -0.25) is 9.36 Å². The fraction of sp³-hybridized carbons (Fsp3) is 0.296. The van der Waals surface area contributed by atoms with Crippen molar-refractivity contribution in [1.82, 2.24) is 14.5 Å². The summed E-state index contributed by atoms with van der Waals surface area (Å²) in [6.07, 6.45) is 2.22. The molecule has 9 nitrogen and oxygen atoms in total. The van der Waals surface area contributed by atoms with Gasteiger partial charge in [-0.1, -0.05) is 23.7 Å². The number of methoxy groups -OCH3 is 2. The third-order valence-corrected chi connectivity index (χ3v) is 6.26. The second-order valence-electron chi connectivity index (χ2n) is 9.34. The van der Waals surface area contributed by atoms with Crippen molar-refractivity contribution in [2.75, 3.05) is 31.8 Å². The smallest absolute Gasteiger partial charge is 0.260 e. The van der Waals surface area contributed by atoms with Crippen LogP contribution in [0.15, 0.2) is 53.5 Å². The molecule has 4 aromatic rings. The second-order valence-corrected chi connectivity index (χ2v) is 9.71. The number of nitrogens with one attached hydrogen (secondary N) is 1. The molecular formula is C27H30ClN5O4. The Balaban J connectivity index is 1.87. The Morgan fingerprint density at radius 3 is 2.49 bits per heavy atom. The van der Waals surface area contributed by atoms with Crippen molar-refractivity contribution >= 4 is 34.3 Å². The molecule has 0 saturated heterocycles. The molecule has 2 aromatic heterocycles. The molecule has 0 fully saturated rings. The summed E-state index contributed by atoms with van der Waals surface area (Å²) in [5.41, 5.74) is 7.60. The van der Waals surface area contributed by atoms with E-state index in [0.29, 0.717) is 63.3 Å². The molecule has 0 saturated carbocycles. The maximum Gasteiger partial charge on any atom is 0.260 e. The standard InChI is InChI=1S/C27H30ClN5O4/c1-27(2,35)15-31-26-30-14-17-11-21(20-12-19(36-3)13-22(37-4)23(20)28)25(34)33(24(17)32-26)10-9-16-5-7-18(29)8-6-16/h5-8,11-14,35H,9-10,15,29H2,1-4H3,(H,30,31,32). The van der Waals surface area contributed by atoms with E-state index >= 15 is 0 Å². The van der Waals surface area contributed by atoms with Crippen LogP contribution in [0.4, 0.5) is 11.6 Å². The molecule has 37 heavy (non-hydrogen) atoms. The first-order valence-electron chi connectivity index (χ1n) is 11.7. The molecule has 0 bridgehead atoms. The Hall–Kier alpha value is -3.82. The highest BCUT2D eigenvalue weighted by atomic mass is 35.5. The summed E-state index contributed by atoms with van der Waals surface area (Å²) < 4.78 is 12.4. The number of hydrogen-bond donors (Lipinski definition) is 3. The van der Waals surface area contributed by atoms with E-state index in [4.69, 9.17) is 26.8 Å². The highest BCUT2D eigenvalue weighted by Gasteiger charge is 2.20. The maximum atomic E-state index is 13.9. The molecule has 0 aliphatic heterocycles. The molecule has 0 unspecified atom stereocenters. The fourth-order valence-electron chi connectivity index (χ4n) is 3.90. The molecule has 2 aromatic carbocycles. The van der Waals surface area contributed by atoms with E-state index in [1.165, 1.54) is 14.2 Å². The van der Waals surface area contributed by atoms with Gasteiger partial charge in [0.1, 0.15) is 17.1 Å². The number of nitrogens with zero attached hydrogens (tertiary/aromatic N) is 3. The molecule has 0 spiro atoms. The quantitative estimate of drug-likeness (QED) is 0.280. The summed E-state index contributed by atoms with van der Waals surface area (Å²) in [7, 11) is 3.04. The van der Waals surface area contributed by atoms with Gasteiger partial charge in [-0.05, 0) is 50.1 Å². The minimum absolute atomic E-state index is 0.242. The van der Waals surface area contributed by atoms with Crippen LogP contribution in [0.1, 0.15) is 19.4 Å². The molecule has 10 heteroatoms. The molecule has 4 N–H and O–H groups in total. The Bertz CT molecular complexity index is 1480. The molecule has 0 atom stereocenters. The van der Waals surface area contributed by atoms with Crippen molar-refractivity contribution in [2.24, 2.45) is 0 Å². The van der Waals surface area contributed by atoms with Crippen LogP contribution in [0.25, 0.3) is 22.2 Å². The van der Waals surface area contributed by atoms with Crippen LogP contribution < -0.4 is 26.1 Å². The number of pyridine rings is 1. The zero-order valence-corrected chi connectivity index (χ0v) is 22.0. The fourth-order valence-corrected chi connectivity index (χ4v) is 4.19.